The highest BCUT2D eigenvalue weighted by Crippen LogP contribution is 2.21. The summed E-state index contributed by atoms with van der Waals surface area (Å²) < 4.78 is 2.20. The number of aryl methyl sites for hydroxylation is 1. The normalized spacial score (nSPS) is 27.8. The van der Waals surface area contributed by atoms with Crippen LogP contribution in [0.15, 0.2) is 12.4 Å². The fraction of sp³-hybridized carbons (Fsp3) is 0.750. The molecule has 1 amide bonds. The molecule has 2 aliphatic rings. The van der Waals surface area contributed by atoms with Crippen LogP contribution in [-0.2, 0) is 17.9 Å². The van der Waals surface area contributed by atoms with Crippen molar-refractivity contribution in [3.63, 3.8) is 0 Å². The van der Waals surface area contributed by atoms with Crippen LogP contribution >= 0.6 is 0 Å². The number of rotatable bonds is 4. The van der Waals surface area contributed by atoms with Gasteiger partial charge in [-0.25, -0.2) is 4.98 Å². The first kappa shape index (κ1) is 15.5. The number of amides is 1. The minimum atomic E-state index is 0.104. The SMILES string of the molecule is CCn1ccnc1CN1CCN(C2CCN(C)C2=O)CC1C. The Labute approximate surface area is 132 Å². The van der Waals surface area contributed by atoms with E-state index in [4.69, 9.17) is 0 Å². The van der Waals surface area contributed by atoms with Gasteiger partial charge in [0, 0.05) is 58.2 Å². The van der Waals surface area contributed by atoms with Gasteiger partial charge in [-0.1, -0.05) is 0 Å². The lowest BCUT2D eigenvalue weighted by Crippen LogP contribution is -2.56. The molecule has 2 saturated heterocycles. The molecule has 0 saturated carbocycles. The molecule has 2 atom stereocenters. The third-order valence-corrected chi connectivity index (χ3v) is 5.12. The molecule has 22 heavy (non-hydrogen) atoms. The van der Waals surface area contributed by atoms with Crippen LogP contribution in [0.3, 0.4) is 0 Å². The van der Waals surface area contributed by atoms with Crippen LogP contribution in [0.1, 0.15) is 26.1 Å². The molecule has 2 aliphatic heterocycles. The van der Waals surface area contributed by atoms with Crippen LogP contribution in [-0.4, -0.2) is 75.5 Å². The molecule has 2 fully saturated rings. The summed E-state index contributed by atoms with van der Waals surface area (Å²) in [7, 11) is 1.91. The standard InChI is InChI=1S/C16H27N5O/c1-4-19-8-6-17-15(19)12-20-9-10-21(11-13(20)2)14-5-7-18(3)16(14)22/h6,8,13-14H,4-5,7,9-12H2,1-3H3. The summed E-state index contributed by atoms with van der Waals surface area (Å²) in [4.78, 5) is 23.4. The zero-order valence-corrected chi connectivity index (χ0v) is 13.9. The van der Waals surface area contributed by atoms with Gasteiger partial charge in [-0.15, -0.1) is 0 Å². The average molecular weight is 305 g/mol. The Balaban J connectivity index is 1.59. The number of carbonyl (C=O) groups excluding carboxylic acids is 1. The van der Waals surface area contributed by atoms with Crippen molar-refractivity contribution in [2.45, 2.75) is 45.4 Å². The summed E-state index contributed by atoms with van der Waals surface area (Å²) in [6, 6.07) is 0.557. The number of hydrogen-bond acceptors (Lipinski definition) is 4. The minimum Gasteiger partial charge on any atom is -0.344 e. The Hall–Kier alpha value is -1.40. The molecule has 0 N–H and O–H groups in total. The summed E-state index contributed by atoms with van der Waals surface area (Å²) in [5, 5.41) is 0. The Kier molecular flexibility index (Phi) is 4.49. The van der Waals surface area contributed by atoms with Crippen molar-refractivity contribution in [1.82, 2.24) is 24.3 Å². The van der Waals surface area contributed by atoms with Gasteiger partial charge in [0.15, 0.2) is 0 Å². The van der Waals surface area contributed by atoms with E-state index in [0.29, 0.717) is 11.9 Å². The second kappa shape index (κ2) is 6.38. The van der Waals surface area contributed by atoms with Crippen molar-refractivity contribution in [3.8, 4) is 0 Å². The van der Waals surface area contributed by atoms with Crippen LogP contribution in [0, 0.1) is 0 Å². The molecule has 0 aromatic carbocycles. The van der Waals surface area contributed by atoms with Gasteiger partial charge >= 0.3 is 0 Å². The lowest BCUT2D eigenvalue weighted by Gasteiger charge is -2.41. The zero-order chi connectivity index (χ0) is 15.7. The maximum atomic E-state index is 12.2. The van der Waals surface area contributed by atoms with E-state index in [-0.39, 0.29) is 6.04 Å². The van der Waals surface area contributed by atoms with E-state index >= 15 is 0 Å². The highest BCUT2D eigenvalue weighted by atomic mass is 16.2. The number of likely N-dealkylation sites (tertiary alicyclic amines) is 1. The fourth-order valence-electron chi connectivity index (χ4n) is 3.65. The second-order valence-electron chi connectivity index (χ2n) is 6.51. The Morgan fingerprint density at radius 3 is 2.77 bits per heavy atom. The molecule has 3 rings (SSSR count). The second-order valence-corrected chi connectivity index (χ2v) is 6.51. The summed E-state index contributed by atoms with van der Waals surface area (Å²) in [6.45, 7) is 10.1. The summed E-state index contributed by atoms with van der Waals surface area (Å²) in [5.74, 6) is 1.43. The summed E-state index contributed by atoms with van der Waals surface area (Å²) >= 11 is 0. The number of aromatic nitrogens is 2. The maximum absolute atomic E-state index is 12.2. The van der Waals surface area contributed by atoms with Gasteiger partial charge in [-0.3, -0.25) is 14.6 Å². The minimum absolute atomic E-state index is 0.104. The highest BCUT2D eigenvalue weighted by Gasteiger charge is 2.37. The lowest BCUT2D eigenvalue weighted by atomic mass is 10.1. The molecule has 3 heterocycles. The van der Waals surface area contributed by atoms with E-state index in [0.717, 1.165) is 51.5 Å². The van der Waals surface area contributed by atoms with Gasteiger partial charge < -0.3 is 9.47 Å². The number of carbonyl (C=O) groups is 1. The lowest BCUT2D eigenvalue weighted by molar-refractivity contribution is -0.132. The number of imidazole rings is 1. The van der Waals surface area contributed by atoms with Crippen molar-refractivity contribution < 1.29 is 4.79 Å². The van der Waals surface area contributed by atoms with Gasteiger partial charge in [-0.05, 0) is 20.3 Å². The maximum Gasteiger partial charge on any atom is 0.239 e. The predicted molar refractivity (Wildman–Crippen MR) is 85.4 cm³/mol. The summed E-state index contributed by atoms with van der Waals surface area (Å²) in [6.07, 6.45) is 4.90. The molecular weight excluding hydrogens is 278 g/mol. The molecule has 6 heteroatoms. The monoisotopic (exact) mass is 305 g/mol. The van der Waals surface area contributed by atoms with Crippen LogP contribution in [0.4, 0.5) is 0 Å². The average Bonchev–Trinajstić information content (AvgIpc) is 3.09. The van der Waals surface area contributed by atoms with E-state index in [1.807, 2.05) is 24.3 Å². The first-order valence-corrected chi connectivity index (χ1v) is 8.33. The molecule has 1 aromatic rings. The predicted octanol–water partition coefficient (Wildman–Crippen LogP) is 0.640. The zero-order valence-electron chi connectivity index (χ0n) is 13.9. The Bertz CT molecular complexity index is 528. The van der Waals surface area contributed by atoms with E-state index in [1.54, 1.807) is 0 Å². The highest BCUT2D eigenvalue weighted by molar-refractivity contribution is 5.83. The first-order valence-electron chi connectivity index (χ1n) is 8.33. The smallest absolute Gasteiger partial charge is 0.239 e. The van der Waals surface area contributed by atoms with Crippen LogP contribution < -0.4 is 0 Å². The van der Waals surface area contributed by atoms with Gasteiger partial charge in [0.2, 0.25) is 5.91 Å². The molecule has 2 unspecified atom stereocenters. The molecular formula is C16H27N5O. The van der Waals surface area contributed by atoms with Crippen molar-refractivity contribution in [2.24, 2.45) is 0 Å². The van der Waals surface area contributed by atoms with Crippen LogP contribution in [0.5, 0.6) is 0 Å². The molecule has 0 bridgehead atoms. The third kappa shape index (κ3) is 2.90. The van der Waals surface area contributed by atoms with Gasteiger partial charge in [-0.2, -0.15) is 0 Å². The van der Waals surface area contributed by atoms with E-state index in [1.165, 1.54) is 0 Å². The van der Waals surface area contributed by atoms with Crippen molar-refractivity contribution in [2.75, 3.05) is 33.2 Å². The first-order chi connectivity index (χ1) is 10.6. The molecule has 1 aromatic heterocycles. The van der Waals surface area contributed by atoms with Crippen molar-refractivity contribution >= 4 is 5.91 Å². The topological polar surface area (TPSA) is 44.6 Å². The van der Waals surface area contributed by atoms with Crippen LogP contribution in [0.2, 0.25) is 0 Å². The number of piperazine rings is 1. The van der Waals surface area contributed by atoms with E-state index in [9.17, 15) is 4.79 Å². The Morgan fingerprint density at radius 1 is 1.32 bits per heavy atom. The number of nitrogens with zero attached hydrogens (tertiary/aromatic N) is 5. The van der Waals surface area contributed by atoms with E-state index < -0.39 is 0 Å². The molecule has 0 radical (unpaired) electrons. The quantitative estimate of drug-likeness (QED) is 0.819. The largest absolute Gasteiger partial charge is 0.344 e. The van der Waals surface area contributed by atoms with Crippen molar-refractivity contribution in [1.29, 1.82) is 0 Å². The molecule has 0 spiro atoms. The van der Waals surface area contributed by atoms with Gasteiger partial charge in [0.1, 0.15) is 5.82 Å². The summed E-state index contributed by atoms with van der Waals surface area (Å²) in [5.41, 5.74) is 0. The number of hydrogen-bond donors (Lipinski definition) is 0. The molecule has 0 aliphatic carbocycles. The molecule has 122 valence electrons. The number of likely N-dealkylation sites (N-methyl/N-ethyl adjacent to an activating group) is 1. The van der Waals surface area contributed by atoms with Gasteiger partial charge in [0.25, 0.3) is 0 Å². The Morgan fingerprint density at radius 2 is 2.14 bits per heavy atom. The van der Waals surface area contributed by atoms with Crippen LogP contribution in [0.25, 0.3) is 0 Å². The van der Waals surface area contributed by atoms with Gasteiger partial charge in [0.05, 0.1) is 12.6 Å². The van der Waals surface area contributed by atoms with E-state index in [2.05, 4.69) is 33.2 Å². The molecule has 6 nitrogen and oxygen atoms in total. The fourth-order valence-corrected chi connectivity index (χ4v) is 3.65. The third-order valence-electron chi connectivity index (χ3n) is 5.12. The van der Waals surface area contributed by atoms with Crippen molar-refractivity contribution in [3.05, 3.63) is 18.2 Å².